The third kappa shape index (κ3) is 3.52. The minimum atomic E-state index is -1.05. The van der Waals surface area contributed by atoms with Gasteiger partial charge in [-0.05, 0) is 35.7 Å². The molecule has 6 nitrogen and oxygen atoms in total. The van der Waals surface area contributed by atoms with Crippen LogP contribution in [-0.2, 0) is 9.59 Å². The molecule has 140 valence electrons. The predicted molar refractivity (Wildman–Crippen MR) is 107 cm³/mol. The lowest BCUT2D eigenvalue weighted by atomic mass is 10.1. The van der Waals surface area contributed by atoms with E-state index in [2.05, 4.69) is 5.32 Å². The second-order valence-corrected chi connectivity index (χ2v) is 7.12. The summed E-state index contributed by atoms with van der Waals surface area (Å²) >= 11 is 1.28. The van der Waals surface area contributed by atoms with E-state index in [-0.39, 0.29) is 18.2 Å². The fraction of sp³-hybridized carbons (Fsp3) is 0.0952. The molecule has 0 radical (unpaired) electrons. The normalized spacial score (nSPS) is 15.5. The van der Waals surface area contributed by atoms with Gasteiger partial charge >= 0.3 is 5.97 Å². The van der Waals surface area contributed by atoms with Crippen molar-refractivity contribution in [3.63, 3.8) is 0 Å². The van der Waals surface area contributed by atoms with Gasteiger partial charge in [0.1, 0.15) is 6.04 Å². The minimum Gasteiger partial charge on any atom is -0.423 e. The lowest BCUT2D eigenvalue weighted by Gasteiger charge is -2.34. The zero-order valence-electron chi connectivity index (χ0n) is 14.7. The van der Waals surface area contributed by atoms with E-state index in [9.17, 15) is 14.4 Å². The highest BCUT2D eigenvalue weighted by Crippen LogP contribution is 2.36. The van der Waals surface area contributed by atoms with Gasteiger partial charge in [-0.2, -0.15) is 0 Å². The largest absolute Gasteiger partial charge is 0.423 e. The van der Waals surface area contributed by atoms with Crippen molar-refractivity contribution < 1.29 is 19.1 Å². The highest BCUT2D eigenvalue weighted by molar-refractivity contribution is 7.12. The average molecular weight is 392 g/mol. The molecule has 1 atom stereocenters. The Labute approximate surface area is 165 Å². The number of carbonyl (C=O) groups is 3. The molecule has 2 aromatic carbocycles. The summed E-state index contributed by atoms with van der Waals surface area (Å²) < 4.78 is 5.38. The van der Waals surface area contributed by atoms with Gasteiger partial charge in [0.15, 0.2) is 5.75 Å². The van der Waals surface area contributed by atoms with E-state index in [1.54, 1.807) is 66.0 Å². The highest BCUT2D eigenvalue weighted by atomic mass is 32.1. The maximum absolute atomic E-state index is 13.1. The number of rotatable bonds is 4. The molecule has 1 aromatic heterocycles. The van der Waals surface area contributed by atoms with Crippen molar-refractivity contribution >= 4 is 40.5 Å². The van der Waals surface area contributed by atoms with Gasteiger partial charge < -0.3 is 10.1 Å². The quantitative estimate of drug-likeness (QED) is 0.542. The van der Waals surface area contributed by atoms with Crippen LogP contribution in [0.2, 0.25) is 0 Å². The third-order valence-electron chi connectivity index (χ3n) is 4.31. The van der Waals surface area contributed by atoms with Crippen molar-refractivity contribution in [1.29, 1.82) is 0 Å². The molecule has 2 amide bonds. The van der Waals surface area contributed by atoms with Gasteiger partial charge in [-0.25, -0.2) is 4.79 Å². The van der Waals surface area contributed by atoms with Crippen LogP contribution in [-0.4, -0.2) is 23.8 Å². The second-order valence-electron chi connectivity index (χ2n) is 6.18. The van der Waals surface area contributed by atoms with Crippen LogP contribution in [0.4, 0.5) is 11.4 Å². The lowest BCUT2D eigenvalue weighted by molar-refractivity contribution is -0.138. The number of para-hydroxylation sites is 3. The molecular formula is C21H16N2O4S. The highest BCUT2D eigenvalue weighted by Gasteiger charge is 2.40. The van der Waals surface area contributed by atoms with Gasteiger partial charge in [-0.1, -0.05) is 36.4 Å². The molecule has 2 heterocycles. The second kappa shape index (κ2) is 7.66. The van der Waals surface area contributed by atoms with E-state index in [0.29, 0.717) is 22.0 Å². The molecule has 1 N–H and O–H groups in total. The first kappa shape index (κ1) is 17.9. The van der Waals surface area contributed by atoms with Crippen LogP contribution in [0.3, 0.4) is 0 Å². The molecule has 28 heavy (non-hydrogen) atoms. The average Bonchev–Trinajstić information content (AvgIpc) is 3.24. The Kier molecular flexibility index (Phi) is 4.90. The van der Waals surface area contributed by atoms with E-state index in [1.165, 1.54) is 16.2 Å². The number of nitrogens with zero attached hydrogens (tertiary/aromatic N) is 1. The molecule has 4 rings (SSSR count). The Balaban J connectivity index is 1.64. The van der Waals surface area contributed by atoms with E-state index < -0.39 is 12.0 Å². The zero-order valence-corrected chi connectivity index (χ0v) is 15.5. The first-order chi connectivity index (χ1) is 13.6. The van der Waals surface area contributed by atoms with Crippen LogP contribution in [0.25, 0.3) is 0 Å². The number of ether oxygens (including phenoxy) is 1. The Hall–Kier alpha value is -3.45. The predicted octanol–water partition coefficient (Wildman–Crippen LogP) is 3.71. The molecule has 0 bridgehead atoms. The molecule has 1 aliphatic heterocycles. The molecule has 0 spiro atoms. The van der Waals surface area contributed by atoms with Crippen molar-refractivity contribution in [2.75, 3.05) is 10.2 Å². The molecule has 0 aliphatic carbocycles. The summed E-state index contributed by atoms with van der Waals surface area (Å²) in [6.45, 7) is 0. The molecule has 0 fully saturated rings. The van der Waals surface area contributed by atoms with Crippen LogP contribution in [0, 0.1) is 0 Å². The van der Waals surface area contributed by atoms with Crippen LogP contribution in [0.1, 0.15) is 16.1 Å². The molecule has 0 unspecified atom stereocenters. The summed E-state index contributed by atoms with van der Waals surface area (Å²) in [7, 11) is 0. The van der Waals surface area contributed by atoms with Gasteiger partial charge in [0.25, 0.3) is 5.91 Å². The Morgan fingerprint density at radius 3 is 2.50 bits per heavy atom. The maximum atomic E-state index is 13.1. The maximum Gasteiger partial charge on any atom is 0.335 e. The number of nitrogens with one attached hydrogen (secondary N) is 1. The van der Waals surface area contributed by atoms with E-state index in [4.69, 9.17) is 4.74 Å². The van der Waals surface area contributed by atoms with Crippen molar-refractivity contribution in [2.24, 2.45) is 0 Å². The summed E-state index contributed by atoms with van der Waals surface area (Å²) in [5.74, 6) is -1.04. The molecular weight excluding hydrogens is 376 g/mol. The number of fused-ring (bicyclic) bond motifs is 1. The summed E-state index contributed by atoms with van der Waals surface area (Å²) in [4.78, 5) is 40.1. The third-order valence-corrected chi connectivity index (χ3v) is 5.16. The summed E-state index contributed by atoms with van der Waals surface area (Å²) in [5, 5.41) is 4.54. The van der Waals surface area contributed by atoms with E-state index in [0.717, 1.165) is 0 Å². The van der Waals surface area contributed by atoms with Gasteiger partial charge in [-0.15, -0.1) is 11.3 Å². The summed E-state index contributed by atoms with van der Waals surface area (Å²) in [6.07, 6.45) is -0.209. The monoisotopic (exact) mass is 392 g/mol. The number of benzene rings is 2. The van der Waals surface area contributed by atoms with Gasteiger partial charge in [-0.3, -0.25) is 14.5 Å². The Morgan fingerprint density at radius 2 is 1.75 bits per heavy atom. The Bertz CT molecular complexity index is 1020. The number of thiophene rings is 1. The number of amides is 2. The number of anilines is 2. The van der Waals surface area contributed by atoms with Crippen LogP contribution < -0.4 is 15.0 Å². The van der Waals surface area contributed by atoms with Gasteiger partial charge in [0, 0.05) is 5.69 Å². The summed E-state index contributed by atoms with van der Waals surface area (Å²) in [5.41, 5.74) is 1.09. The van der Waals surface area contributed by atoms with Crippen molar-refractivity contribution in [1.82, 2.24) is 0 Å². The molecule has 0 saturated heterocycles. The first-order valence-electron chi connectivity index (χ1n) is 8.66. The van der Waals surface area contributed by atoms with E-state index in [1.807, 2.05) is 6.07 Å². The fourth-order valence-corrected chi connectivity index (χ4v) is 3.71. The van der Waals surface area contributed by atoms with Crippen molar-refractivity contribution in [3.05, 3.63) is 77.0 Å². The van der Waals surface area contributed by atoms with Crippen LogP contribution in [0.15, 0.2) is 72.1 Å². The molecule has 0 saturated carbocycles. The first-order valence-corrected chi connectivity index (χ1v) is 9.54. The minimum absolute atomic E-state index is 0.209. The van der Waals surface area contributed by atoms with Crippen molar-refractivity contribution in [2.45, 2.75) is 12.5 Å². The smallest absolute Gasteiger partial charge is 0.335 e. The van der Waals surface area contributed by atoms with Crippen molar-refractivity contribution in [3.8, 4) is 5.75 Å². The fourth-order valence-electron chi connectivity index (χ4n) is 3.05. The number of esters is 1. The van der Waals surface area contributed by atoms with Crippen LogP contribution in [0.5, 0.6) is 5.75 Å². The number of hydrogen-bond donors (Lipinski definition) is 1. The number of carbonyl (C=O) groups excluding carboxylic acids is 3. The zero-order chi connectivity index (χ0) is 19.5. The molecule has 3 aromatic rings. The summed E-state index contributed by atoms with van der Waals surface area (Å²) in [6, 6.07) is 18.2. The van der Waals surface area contributed by atoms with E-state index >= 15 is 0 Å². The van der Waals surface area contributed by atoms with Crippen LogP contribution >= 0.6 is 11.3 Å². The Morgan fingerprint density at radius 1 is 1.00 bits per heavy atom. The molecule has 1 aliphatic rings. The standard InChI is InChI=1S/C21H16N2O4S/c24-19(22-14-7-2-1-3-8-14)13-16-21(26)27-17-10-5-4-9-15(17)23(16)20(25)18-11-6-12-28-18/h1-12,16H,13H2,(H,22,24)/t16-/m1/s1. The lowest BCUT2D eigenvalue weighted by Crippen LogP contribution is -2.51. The SMILES string of the molecule is O=C(C[C@@H]1C(=O)Oc2ccccc2N1C(=O)c1cccs1)Nc1ccccc1. The van der Waals surface area contributed by atoms with Gasteiger partial charge in [0.05, 0.1) is 17.0 Å². The topological polar surface area (TPSA) is 75.7 Å². The number of hydrogen-bond acceptors (Lipinski definition) is 5. The van der Waals surface area contributed by atoms with Gasteiger partial charge in [0.2, 0.25) is 5.91 Å². The molecule has 7 heteroatoms.